The summed E-state index contributed by atoms with van der Waals surface area (Å²) in [6.07, 6.45) is -6.50. The predicted molar refractivity (Wildman–Crippen MR) is 127 cm³/mol. The van der Waals surface area contributed by atoms with Crippen LogP contribution in [0.1, 0.15) is 30.4 Å². The van der Waals surface area contributed by atoms with Crippen molar-refractivity contribution in [1.82, 2.24) is 9.80 Å². The first-order valence-corrected chi connectivity index (χ1v) is 12.4. The van der Waals surface area contributed by atoms with Crippen LogP contribution in [0.15, 0.2) is 24.3 Å². The number of benzene rings is 1. The van der Waals surface area contributed by atoms with Gasteiger partial charge in [-0.2, -0.15) is 26.3 Å². The summed E-state index contributed by atoms with van der Waals surface area (Å²) in [6, 6.07) is 9.66. The Bertz CT molecular complexity index is 914. The molecule has 3 saturated heterocycles. The van der Waals surface area contributed by atoms with Gasteiger partial charge in [-0.1, -0.05) is 29.8 Å². The van der Waals surface area contributed by atoms with Crippen molar-refractivity contribution >= 4 is 11.9 Å². The minimum Gasteiger partial charge on any atom is -0.475 e. The van der Waals surface area contributed by atoms with E-state index in [0.29, 0.717) is 5.41 Å². The Balaban J connectivity index is 0.000000317. The number of carboxylic acids is 2. The van der Waals surface area contributed by atoms with E-state index in [1.54, 1.807) is 0 Å². The van der Waals surface area contributed by atoms with E-state index in [0.717, 1.165) is 45.6 Å². The van der Waals surface area contributed by atoms with E-state index in [9.17, 15) is 26.3 Å². The Morgan fingerprint density at radius 2 is 1.54 bits per heavy atom. The van der Waals surface area contributed by atoms with E-state index in [1.165, 1.54) is 50.0 Å². The second-order valence-electron chi connectivity index (χ2n) is 9.92. The van der Waals surface area contributed by atoms with Crippen molar-refractivity contribution in [3.63, 3.8) is 0 Å². The highest BCUT2D eigenvalue weighted by Gasteiger charge is 2.43. The summed E-state index contributed by atoms with van der Waals surface area (Å²) in [4.78, 5) is 23.1. The van der Waals surface area contributed by atoms with Gasteiger partial charge in [0.25, 0.3) is 0 Å². The molecule has 3 heterocycles. The highest BCUT2D eigenvalue weighted by molar-refractivity contribution is 5.73. The zero-order chi connectivity index (χ0) is 29.3. The standard InChI is InChI=1S/C21H32N2O2.2C2HF3O2/c1-18-3-2-4-19(13-18)14-22-9-12-25-17-21(15-22)7-8-23(16-21)20-5-10-24-11-6-20;2*3-2(4,5)1(6)7/h2-4,13,20H,5-12,14-17H2,1H3;2*(H,6,7). The number of likely N-dealkylation sites (tertiary alicyclic amines) is 1. The summed E-state index contributed by atoms with van der Waals surface area (Å²) in [7, 11) is 0. The maximum Gasteiger partial charge on any atom is 0.490 e. The van der Waals surface area contributed by atoms with Crippen LogP contribution in [-0.2, 0) is 25.6 Å². The van der Waals surface area contributed by atoms with Gasteiger partial charge in [-0.05, 0) is 38.3 Å². The molecule has 1 atom stereocenters. The third-order valence-corrected chi connectivity index (χ3v) is 6.67. The van der Waals surface area contributed by atoms with Gasteiger partial charge in [0.05, 0.1) is 13.2 Å². The lowest BCUT2D eigenvalue weighted by atomic mass is 9.87. The molecule has 2 N–H and O–H groups in total. The first-order chi connectivity index (χ1) is 18.1. The summed E-state index contributed by atoms with van der Waals surface area (Å²) < 4.78 is 75.1. The predicted octanol–water partition coefficient (Wildman–Crippen LogP) is 3.96. The number of hydrogen-bond acceptors (Lipinski definition) is 6. The molecular formula is C25H34F6N2O6. The molecule has 4 rings (SSSR count). The minimum atomic E-state index is -5.08. The van der Waals surface area contributed by atoms with Gasteiger partial charge in [-0.15, -0.1) is 0 Å². The third-order valence-electron chi connectivity index (χ3n) is 6.67. The number of carbonyl (C=O) groups is 2. The Hall–Kier alpha value is -2.42. The molecule has 1 aromatic carbocycles. The summed E-state index contributed by atoms with van der Waals surface area (Å²) in [5.41, 5.74) is 3.10. The van der Waals surface area contributed by atoms with Crippen LogP contribution in [0.4, 0.5) is 26.3 Å². The lowest BCUT2D eigenvalue weighted by Crippen LogP contribution is -2.43. The number of halogens is 6. The van der Waals surface area contributed by atoms with E-state index >= 15 is 0 Å². The van der Waals surface area contributed by atoms with Crippen LogP contribution in [-0.4, -0.2) is 103 Å². The molecule has 0 aliphatic carbocycles. The number of hydrogen-bond donors (Lipinski definition) is 2. The number of carboxylic acid groups (broad SMARTS) is 2. The van der Waals surface area contributed by atoms with Gasteiger partial charge in [0.2, 0.25) is 0 Å². The molecule has 0 bridgehead atoms. The number of alkyl halides is 6. The zero-order valence-corrected chi connectivity index (χ0v) is 21.6. The molecule has 0 amide bonds. The average Bonchev–Trinajstić information content (AvgIpc) is 3.15. The lowest BCUT2D eigenvalue weighted by Gasteiger charge is -2.35. The van der Waals surface area contributed by atoms with Crippen molar-refractivity contribution in [3.8, 4) is 0 Å². The number of aryl methyl sites for hydroxylation is 1. The van der Waals surface area contributed by atoms with Crippen LogP contribution < -0.4 is 0 Å². The van der Waals surface area contributed by atoms with Crippen molar-refractivity contribution in [1.29, 1.82) is 0 Å². The van der Waals surface area contributed by atoms with Gasteiger partial charge in [0.1, 0.15) is 0 Å². The fourth-order valence-electron chi connectivity index (χ4n) is 4.86. The van der Waals surface area contributed by atoms with Crippen LogP contribution in [0.3, 0.4) is 0 Å². The molecule has 3 fully saturated rings. The summed E-state index contributed by atoms with van der Waals surface area (Å²) in [5, 5.41) is 14.2. The Kier molecular flexibility index (Phi) is 12.0. The van der Waals surface area contributed by atoms with Gasteiger partial charge >= 0.3 is 24.3 Å². The van der Waals surface area contributed by atoms with Gasteiger partial charge in [0.15, 0.2) is 0 Å². The van der Waals surface area contributed by atoms with Crippen LogP contribution in [0.25, 0.3) is 0 Å². The maximum atomic E-state index is 10.6. The van der Waals surface area contributed by atoms with Crippen molar-refractivity contribution < 1.29 is 55.6 Å². The van der Waals surface area contributed by atoms with E-state index < -0.39 is 24.3 Å². The number of aliphatic carboxylic acids is 2. The number of rotatable bonds is 3. The molecule has 1 aromatic rings. The molecule has 0 saturated carbocycles. The number of nitrogens with zero attached hydrogens (tertiary/aromatic N) is 2. The summed E-state index contributed by atoms with van der Waals surface area (Å²) in [5.74, 6) is -5.51. The smallest absolute Gasteiger partial charge is 0.475 e. The molecule has 39 heavy (non-hydrogen) atoms. The first-order valence-electron chi connectivity index (χ1n) is 12.4. The SMILES string of the molecule is Cc1cccc(CN2CCOCC3(CCN(C4CCOCC4)C3)C2)c1.O=C(O)C(F)(F)F.O=C(O)C(F)(F)F. The normalized spacial score (nSPS) is 23.3. The van der Waals surface area contributed by atoms with Gasteiger partial charge < -0.3 is 19.7 Å². The Labute approximate surface area is 222 Å². The summed E-state index contributed by atoms with van der Waals surface area (Å²) in [6.45, 7) is 11.5. The van der Waals surface area contributed by atoms with E-state index in [4.69, 9.17) is 29.3 Å². The largest absolute Gasteiger partial charge is 0.490 e. The van der Waals surface area contributed by atoms with Gasteiger partial charge in [-0.25, -0.2) is 9.59 Å². The van der Waals surface area contributed by atoms with Crippen molar-refractivity contribution in [2.75, 3.05) is 52.6 Å². The first kappa shape index (κ1) is 32.8. The van der Waals surface area contributed by atoms with Crippen LogP contribution in [0, 0.1) is 12.3 Å². The van der Waals surface area contributed by atoms with Gasteiger partial charge in [-0.3, -0.25) is 9.80 Å². The van der Waals surface area contributed by atoms with Crippen molar-refractivity contribution in [2.24, 2.45) is 5.41 Å². The highest BCUT2D eigenvalue weighted by Crippen LogP contribution is 2.36. The summed E-state index contributed by atoms with van der Waals surface area (Å²) >= 11 is 0. The second-order valence-corrected chi connectivity index (χ2v) is 9.92. The Morgan fingerprint density at radius 1 is 0.949 bits per heavy atom. The monoisotopic (exact) mass is 572 g/mol. The molecule has 3 aliphatic rings. The fourth-order valence-corrected chi connectivity index (χ4v) is 4.86. The van der Waals surface area contributed by atoms with E-state index in [-0.39, 0.29) is 0 Å². The van der Waals surface area contributed by atoms with E-state index in [2.05, 4.69) is 41.0 Å². The maximum absolute atomic E-state index is 10.6. The molecule has 1 unspecified atom stereocenters. The van der Waals surface area contributed by atoms with Crippen LogP contribution >= 0.6 is 0 Å². The zero-order valence-electron chi connectivity index (χ0n) is 21.6. The molecule has 0 aromatic heterocycles. The minimum absolute atomic E-state index is 0.318. The second kappa shape index (κ2) is 14.3. The molecule has 0 radical (unpaired) electrons. The van der Waals surface area contributed by atoms with Crippen molar-refractivity contribution in [2.45, 2.75) is 51.1 Å². The lowest BCUT2D eigenvalue weighted by molar-refractivity contribution is -0.193. The quantitative estimate of drug-likeness (QED) is 0.526. The van der Waals surface area contributed by atoms with Crippen molar-refractivity contribution in [3.05, 3.63) is 35.4 Å². The Morgan fingerprint density at radius 3 is 2.08 bits per heavy atom. The van der Waals surface area contributed by atoms with Crippen LogP contribution in [0.2, 0.25) is 0 Å². The topological polar surface area (TPSA) is 99.5 Å². The molecule has 3 aliphatic heterocycles. The number of ether oxygens (including phenoxy) is 2. The van der Waals surface area contributed by atoms with Gasteiger partial charge in [0, 0.05) is 50.8 Å². The highest BCUT2D eigenvalue weighted by atomic mass is 19.4. The molecule has 8 nitrogen and oxygen atoms in total. The molecular weight excluding hydrogens is 538 g/mol. The third kappa shape index (κ3) is 11.3. The van der Waals surface area contributed by atoms with Crippen LogP contribution in [0.5, 0.6) is 0 Å². The fraction of sp³-hybridized carbons (Fsp3) is 0.680. The molecule has 14 heteroatoms. The average molecular weight is 573 g/mol. The molecule has 1 spiro atoms. The molecule has 222 valence electrons. The van der Waals surface area contributed by atoms with E-state index in [1.807, 2.05) is 0 Å².